The number of benzene rings is 1. The van der Waals surface area contributed by atoms with Crippen LogP contribution >= 0.6 is 0 Å². The summed E-state index contributed by atoms with van der Waals surface area (Å²) in [5.74, 6) is 0. The van der Waals surface area contributed by atoms with Crippen LogP contribution in [0.1, 0.15) is 45.1 Å². The summed E-state index contributed by atoms with van der Waals surface area (Å²) in [5, 5.41) is 14.3. The van der Waals surface area contributed by atoms with Crippen LogP contribution in [0.2, 0.25) is 0 Å². The van der Waals surface area contributed by atoms with Crippen molar-refractivity contribution < 1.29 is 4.92 Å². The van der Waals surface area contributed by atoms with Crippen molar-refractivity contribution >= 4 is 5.69 Å². The summed E-state index contributed by atoms with van der Waals surface area (Å²) < 4.78 is 0. The van der Waals surface area contributed by atoms with Gasteiger partial charge in [-0.05, 0) is 23.8 Å². The fraction of sp³-hybridized carbons (Fsp3) is 0.600. The molecule has 1 aromatic carbocycles. The van der Waals surface area contributed by atoms with Crippen LogP contribution in [0, 0.1) is 15.5 Å². The summed E-state index contributed by atoms with van der Waals surface area (Å²) in [7, 11) is 0. The van der Waals surface area contributed by atoms with E-state index in [-0.39, 0.29) is 10.6 Å². The Labute approximate surface area is 114 Å². The van der Waals surface area contributed by atoms with Gasteiger partial charge in [0.15, 0.2) is 0 Å². The first-order valence-corrected chi connectivity index (χ1v) is 6.96. The highest BCUT2D eigenvalue weighted by Crippen LogP contribution is 2.35. The average molecular weight is 262 g/mol. The second kappa shape index (κ2) is 5.70. The van der Waals surface area contributed by atoms with E-state index in [0.717, 1.165) is 5.56 Å². The maximum atomic E-state index is 10.7. The van der Waals surface area contributed by atoms with Gasteiger partial charge in [-0.1, -0.05) is 38.8 Å². The van der Waals surface area contributed by atoms with Gasteiger partial charge in [-0.2, -0.15) is 0 Å². The van der Waals surface area contributed by atoms with Crippen molar-refractivity contribution in [3.63, 3.8) is 0 Å². The minimum Gasteiger partial charge on any atom is -0.309 e. The van der Waals surface area contributed by atoms with E-state index in [9.17, 15) is 10.1 Å². The van der Waals surface area contributed by atoms with Crippen molar-refractivity contribution in [3.05, 3.63) is 39.9 Å². The summed E-state index contributed by atoms with van der Waals surface area (Å²) >= 11 is 0. The lowest BCUT2D eigenvalue weighted by Gasteiger charge is -2.39. The number of nitrogens with zero attached hydrogens (tertiary/aromatic N) is 1. The SMILES string of the molecule is CC1(C)CCCCC1NCc1cccc([N+](=O)[O-])c1. The van der Waals surface area contributed by atoms with E-state index < -0.39 is 0 Å². The highest BCUT2D eigenvalue weighted by molar-refractivity contribution is 5.34. The van der Waals surface area contributed by atoms with E-state index >= 15 is 0 Å². The molecule has 1 fully saturated rings. The third-order valence-corrected chi connectivity index (χ3v) is 4.18. The Bertz CT molecular complexity index is 457. The Balaban J connectivity index is 1.98. The number of hydrogen-bond donors (Lipinski definition) is 1. The maximum absolute atomic E-state index is 10.7. The standard InChI is InChI=1S/C15H22N2O2/c1-15(2)9-4-3-8-14(15)16-11-12-6-5-7-13(10-12)17(18)19/h5-7,10,14,16H,3-4,8-9,11H2,1-2H3. The molecule has 1 N–H and O–H groups in total. The molecule has 0 aliphatic heterocycles. The molecule has 0 spiro atoms. The predicted octanol–water partition coefficient (Wildman–Crippen LogP) is 3.65. The molecule has 1 aliphatic rings. The molecular formula is C15H22N2O2. The van der Waals surface area contributed by atoms with E-state index in [1.54, 1.807) is 12.1 Å². The van der Waals surface area contributed by atoms with E-state index in [1.165, 1.54) is 31.7 Å². The zero-order valence-corrected chi connectivity index (χ0v) is 11.7. The second-order valence-corrected chi connectivity index (χ2v) is 6.09. The summed E-state index contributed by atoms with van der Waals surface area (Å²) in [6.07, 6.45) is 5.03. The van der Waals surface area contributed by atoms with Crippen molar-refractivity contribution in [1.82, 2.24) is 5.32 Å². The number of hydrogen-bond acceptors (Lipinski definition) is 3. The molecule has 0 aromatic heterocycles. The minimum atomic E-state index is -0.339. The summed E-state index contributed by atoms with van der Waals surface area (Å²) in [4.78, 5) is 10.4. The Morgan fingerprint density at radius 1 is 1.42 bits per heavy atom. The van der Waals surface area contributed by atoms with Crippen LogP contribution in [0.4, 0.5) is 5.69 Å². The molecule has 1 aromatic rings. The van der Waals surface area contributed by atoms with Crippen molar-refractivity contribution in [2.45, 2.75) is 52.1 Å². The molecule has 4 nitrogen and oxygen atoms in total. The smallest absolute Gasteiger partial charge is 0.269 e. The molecule has 2 rings (SSSR count). The van der Waals surface area contributed by atoms with Crippen LogP contribution in [-0.2, 0) is 6.54 Å². The lowest BCUT2D eigenvalue weighted by atomic mass is 9.73. The van der Waals surface area contributed by atoms with E-state index in [1.807, 2.05) is 6.07 Å². The molecule has 4 heteroatoms. The molecule has 0 heterocycles. The fourth-order valence-electron chi connectivity index (χ4n) is 2.89. The molecule has 1 saturated carbocycles. The third-order valence-electron chi connectivity index (χ3n) is 4.18. The van der Waals surface area contributed by atoms with Gasteiger partial charge in [-0.15, -0.1) is 0 Å². The quantitative estimate of drug-likeness (QED) is 0.665. The first-order valence-electron chi connectivity index (χ1n) is 6.96. The average Bonchev–Trinajstić information content (AvgIpc) is 2.37. The number of non-ortho nitro benzene ring substituents is 1. The van der Waals surface area contributed by atoms with Crippen LogP contribution in [0.15, 0.2) is 24.3 Å². The zero-order valence-electron chi connectivity index (χ0n) is 11.7. The number of rotatable bonds is 4. The van der Waals surface area contributed by atoms with Gasteiger partial charge in [-0.3, -0.25) is 10.1 Å². The topological polar surface area (TPSA) is 55.2 Å². The number of nitro groups is 1. The summed E-state index contributed by atoms with van der Waals surface area (Å²) in [5.41, 5.74) is 1.47. The van der Waals surface area contributed by atoms with E-state index in [0.29, 0.717) is 18.0 Å². The van der Waals surface area contributed by atoms with Gasteiger partial charge < -0.3 is 5.32 Å². The number of nitrogens with one attached hydrogen (secondary N) is 1. The van der Waals surface area contributed by atoms with Crippen molar-refractivity contribution in [1.29, 1.82) is 0 Å². The van der Waals surface area contributed by atoms with Gasteiger partial charge in [0.05, 0.1) is 4.92 Å². The highest BCUT2D eigenvalue weighted by Gasteiger charge is 2.31. The number of nitro benzene ring substituents is 1. The van der Waals surface area contributed by atoms with E-state index in [4.69, 9.17) is 0 Å². The van der Waals surface area contributed by atoms with Gasteiger partial charge in [0.25, 0.3) is 5.69 Å². The molecule has 104 valence electrons. The monoisotopic (exact) mass is 262 g/mol. The molecule has 0 radical (unpaired) electrons. The van der Waals surface area contributed by atoms with Gasteiger partial charge in [0, 0.05) is 24.7 Å². The van der Waals surface area contributed by atoms with Crippen LogP contribution in [0.3, 0.4) is 0 Å². The summed E-state index contributed by atoms with van der Waals surface area (Å²) in [6, 6.07) is 7.38. The van der Waals surface area contributed by atoms with Crippen molar-refractivity contribution in [2.24, 2.45) is 5.41 Å². The second-order valence-electron chi connectivity index (χ2n) is 6.09. The van der Waals surface area contributed by atoms with Crippen molar-refractivity contribution in [3.8, 4) is 0 Å². The molecule has 1 unspecified atom stereocenters. The molecule has 0 saturated heterocycles. The molecule has 19 heavy (non-hydrogen) atoms. The third kappa shape index (κ3) is 3.53. The van der Waals surface area contributed by atoms with Crippen LogP contribution < -0.4 is 5.32 Å². The van der Waals surface area contributed by atoms with Gasteiger partial charge in [-0.25, -0.2) is 0 Å². The first-order chi connectivity index (χ1) is 8.99. The Morgan fingerprint density at radius 2 is 2.21 bits per heavy atom. The molecule has 0 amide bonds. The van der Waals surface area contributed by atoms with Gasteiger partial charge in [0.2, 0.25) is 0 Å². The van der Waals surface area contributed by atoms with Crippen molar-refractivity contribution in [2.75, 3.05) is 0 Å². The normalized spacial score (nSPS) is 22.1. The van der Waals surface area contributed by atoms with Crippen LogP contribution in [0.5, 0.6) is 0 Å². The Morgan fingerprint density at radius 3 is 2.89 bits per heavy atom. The molecule has 1 atom stereocenters. The van der Waals surface area contributed by atoms with Gasteiger partial charge >= 0.3 is 0 Å². The van der Waals surface area contributed by atoms with Crippen LogP contribution in [-0.4, -0.2) is 11.0 Å². The lowest BCUT2D eigenvalue weighted by molar-refractivity contribution is -0.384. The first kappa shape index (κ1) is 14.0. The fourth-order valence-corrected chi connectivity index (χ4v) is 2.89. The molecule has 0 bridgehead atoms. The largest absolute Gasteiger partial charge is 0.309 e. The van der Waals surface area contributed by atoms with Crippen LogP contribution in [0.25, 0.3) is 0 Å². The Kier molecular flexibility index (Phi) is 4.20. The highest BCUT2D eigenvalue weighted by atomic mass is 16.6. The minimum absolute atomic E-state index is 0.169. The maximum Gasteiger partial charge on any atom is 0.269 e. The predicted molar refractivity (Wildman–Crippen MR) is 76.0 cm³/mol. The molecule has 1 aliphatic carbocycles. The van der Waals surface area contributed by atoms with E-state index in [2.05, 4.69) is 19.2 Å². The Hall–Kier alpha value is -1.42. The zero-order chi connectivity index (χ0) is 13.9. The lowest BCUT2D eigenvalue weighted by Crippen LogP contribution is -2.43. The molecular weight excluding hydrogens is 240 g/mol. The van der Waals surface area contributed by atoms with Gasteiger partial charge in [0.1, 0.15) is 0 Å². The summed E-state index contributed by atoms with van der Waals surface area (Å²) in [6.45, 7) is 5.31.